The molecule has 0 spiro atoms. The maximum Gasteiger partial charge on any atom is 0.203 e. The lowest BCUT2D eigenvalue weighted by Gasteiger charge is -2.16. The van der Waals surface area contributed by atoms with Gasteiger partial charge in [-0.3, -0.25) is 0 Å². The van der Waals surface area contributed by atoms with Gasteiger partial charge in [-0.1, -0.05) is 19.8 Å². The average molecular weight is 207 g/mol. The van der Waals surface area contributed by atoms with Gasteiger partial charge in [-0.05, 0) is 25.7 Å². The summed E-state index contributed by atoms with van der Waals surface area (Å²) in [4.78, 5) is 4.35. The third-order valence-corrected chi connectivity index (χ3v) is 3.05. The Kier molecular flexibility index (Phi) is 3.29. The van der Waals surface area contributed by atoms with Gasteiger partial charge in [-0.15, -0.1) is 0 Å². The Bertz CT molecular complexity index is 302. The number of nitrogens with zero attached hydrogens (tertiary/aromatic N) is 2. The fourth-order valence-electron chi connectivity index (χ4n) is 1.99. The van der Waals surface area contributed by atoms with Crippen molar-refractivity contribution >= 4 is 5.95 Å². The van der Waals surface area contributed by atoms with E-state index in [9.17, 15) is 0 Å². The Morgan fingerprint density at radius 3 is 3.07 bits per heavy atom. The van der Waals surface area contributed by atoms with Crippen LogP contribution in [-0.2, 0) is 0 Å². The quantitative estimate of drug-likeness (QED) is 0.777. The molecule has 0 radical (unpaired) electrons. The molecule has 1 aliphatic carbocycles. The third-order valence-electron chi connectivity index (χ3n) is 3.05. The Balaban J connectivity index is 1.95. The number of rotatable bonds is 6. The molecule has 1 fully saturated rings. The molecule has 84 valence electrons. The van der Waals surface area contributed by atoms with E-state index in [1.54, 1.807) is 0 Å². The summed E-state index contributed by atoms with van der Waals surface area (Å²) < 4.78 is 2.27. The molecule has 0 bridgehead atoms. The van der Waals surface area contributed by atoms with E-state index in [1.165, 1.54) is 19.3 Å². The van der Waals surface area contributed by atoms with Gasteiger partial charge >= 0.3 is 0 Å². The second kappa shape index (κ2) is 4.69. The Morgan fingerprint density at radius 2 is 2.40 bits per heavy atom. The molecule has 1 saturated carbocycles. The van der Waals surface area contributed by atoms with Crippen LogP contribution in [0.15, 0.2) is 12.4 Å². The molecule has 0 saturated heterocycles. The molecule has 1 atom stereocenters. The van der Waals surface area contributed by atoms with Gasteiger partial charge in [-0.2, -0.15) is 0 Å². The molecule has 1 aromatic heterocycles. The van der Waals surface area contributed by atoms with E-state index < -0.39 is 0 Å². The van der Waals surface area contributed by atoms with Crippen LogP contribution in [0.25, 0.3) is 0 Å². The van der Waals surface area contributed by atoms with Crippen LogP contribution in [0.4, 0.5) is 5.95 Å². The normalized spacial score (nSPS) is 17.7. The maximum absolute atomic E-state index is 4.35. The van der Waals surface area contributed by atoms with Crippen LogP contribution in [0.3, 0.4) is 0 Å². The predicted molar refractivity (Wildman–Crippen MR) is 63.1 cm³/mol. The molecule has 1 unspecified atom stereocenters. The van der Waals surface area contributed by atoms with Crippen LogP contribution in [0.2, 0.25) is 0 Å². The lowest BCUT2D eigenvalue weighted by atomic mass is 10.1. The van der Waals surface area contributed by atoms with E-state index >= 15 is 0 Å². The van der Waals surface area contributed by atoms with Crippen molar-refractivity contribution in [2.24, 2.45) is 5.92 Å². The van der Waals surface area contributed by atoms with Crippen LogP contribution in [0, 0.1) is 5.92 Å². The van der Waals surface area contributed by atoms with Gasteiger partial charge in [0, 0.05) is 25.0 Å². The van der Waals surface area contributed by atoms with Gasteiger partial charge < -0.3 is 9.88 Å². The lowest BCUT2D eigenvalue weighted by Crippen LogP contribution is -2.11. The van der Waals surface area contributed by atoms with E-state index in [0.717, 1.165) is 24.8 Å². The first-order valence-electron chi connectivity index (χ1n) is 6.08. The molecule has 1 N–H and O–H groups in total. The summed E-state index contributed by atoms with van der Waals surface area (Å²) in [5.74, 6) is 2.01. The van der Waals surface area contributed by atoms with E-state index in [2.05, 4.69) is 34.9 Å². The number of imidazole rings is 1. The fourth-order valence-corrected chi connectivity index (χ4v) is 1.99. The highest BCUT2D eigenvalue weighted by atomic mass is 15.2. The number of hydrogen-bond acceptors (Lipinski definition) is 2. The van der Waals surface area contributed by atoms with E-state index in [1.807, 2.05) is 6.20 Å². The van der Waals surface area contributed by atoms with Crippen molar-refractivity contribution in [3.05, 3.63) is 12.4 Å². The molecule has 1 aliphatic rings. The largest absolute Gasteiger partial charge is 0.356 e. The van der Waals surface area contributed by atoms with Crippen LogP contribution in [-0.4, -0.2) is 16.1 Å². The van der Waals surface area contributed by atoms with Gasteiger partial charge in [-0.25, -0.2) is 4.98 Å². The summed E-state index contributed by atoms with van der Waals surface area (Å²) in [5, 5.41) is 3.37. The summed E-state index contributed by atoms with van der Waals surface area (Å²) in [5.41, 5.74) is 0. The second-order valence-corrected chi connectivity index (χ2v) is 4.61. The molecular weight excluding hydrogens is 186 g/mol. The predicted octanol–water partition coefficient (Wildman–Crippen LogP) is 3.07. The summed E-state index contributed by atoms with van der Waals surface area (Å²) >= 11 is 0. The van der Waals surface area contributed by atoms with Crippen molar-refractivity contribution in [1.82, 2.24) is 9.55 Å². The van der Waals surface area contributed by atoms with Crippen molar-refractivity contribution in [3.63, 3.8) is 0 Å². The average Bonchev–Trinajstić information content (AvgIpc) is 2.91. The monoisotopic (exact) mass is 207 g/mol. The molecule has 0 aliphatic heterocycles. The standard InChI is InChI=1S/C12H21N3/c1-3-6-13-12-14-7-8-15(12)10(2)9-11-4-5-11/h7-8,10-11H,3-6,9H2,1-2H3,(H,13,14). The molecular formula is C12H21N3. The van der Waals surface area contributed by atoms with Crippen LogP contribution >= 0.6 is 0 Å². The fraction of sp³-hybridized carbons (Fsp3) is 0.750. The molecule has 3 nitrogen and oxygen atoms in total. The smallest absolute Gasteiger partial charge is 0.203 e. The van der Waals surface area contributed by atoms with Crippen molar-refractivity contribution in [2.45, 2.75) is 45.6 Å². The van der Waals surface area contributed by atoms with Gasteiger partial charge in [0.25, 0.3) is 0 Å². The SMILES string of the molecule is CCCNc1nccn1C(C)CC1CC1. The van der Waals surface area contributed by atoms with Gasteiger partial charge in [0.2, 0.25) is 5.95 Å². The van der Waals surface area contributed by atoms with Gasteiger partial charge in [0.05, 0.1) is 0 Å². The number of aromatic nitrogens is 2. The first-order chi connectivity index (χ1) is 7.31. The zero-order valence-corrected chi connectivity index (χ0v) is 9.74. The third kappa shape index (κ3) is 2.74. The van der Waals surface area contributed by atoms with Gasteiger partial charge in [0.15, 0.2) is 0 Å². The number of anilines is 1. The Hall–Kier alpha value is -0.990. The van der Waals surface area contributed by atoms with Gasteiger partial charge in [0.1, 0.15) is 0 Å². The van der Waals surface area contributed by atoms with E-state index in [-0.39, 0.29) is 0 Å². The summed E-state index contributed by atoms with van der Waals surface area (Å²) in [6.45, 7) is 5.47. The highest BCUT2D eigenvalue weighted by Crippen LogP contribution is 2.37. The van der Waals surface area contributed by atoms with E-state index in [4.69, 9.17) is 0 Å². The Morgan fingerprint density at radius 1 is 1.60 bits per heavy atom. The van der Waals surface area contributed by atoms with Crippen molar-refractivity contribution in [1.29, 1.82) is 0 Å². The maximum atomic E-state index is 4.35. The molecule has 1 heterocycles. The first-order valence-corrected chi connectivity index (χ1v) is 6.08. The van der Waals surface area contributed by atoms with E-state index in [0.29, 0.717) is 6.04 Å². The highest BCUT2D eigenvalue weighted by Gasteiger charge is 2.24. The van der Waals surface area contributed by atoms with Crippen LogP contribution < -0.4 is 5.32 Å². The first kappa shape index (κ1) is 10.5. The highest BCUT2D eigenvalue weighted by molar-refractivity contribution is 5.26. The molecule has 3 heteroatoms. The molecule has 0 amide bonds. The molecule has 1 aromatic rings. The minimum absolute atomic E-state index is 0.583. The Labute approximate surface area is 91.9 Å². The van der Waals surface area contributed by atoms with Crippen LogP contribution in [0.1, 0.15) is 45.6 Å². The van der Waals surface area contributed by atoms with Crippen molar-refractivity contribution in [3.8, 4) is 0 Å². The zero-order chi connectivity index (χ0) is 10.7. The number of nitrogens with one attached hydrogen (secondary N) is 1. The summed E-state index contributed by atoms with van der Waals surface area (Å²) in [7, 11) is 0. The second-order valence-electron chi connectivity index (χ2n) is 4.61. The molecule has 2 rings (SSSR count). The topological polar surface area (TPSA) is 29.9 Å². The van der Waals surface area contributed by atoms with Crippen molar-refractivity contribution < 1.29 is 0 Å². The lowest BCUT2D eigenvalue weighted by molar-refractivity contribution is 0.480. The van der Waals surface area contributed by atoms with Crippen LogP contribution in [0.5, 0.6) is 0 Å². The zero-order valence-electron chi connectivity index (χ0n) is 9.74. The molecule has 0 aromatic carbocycles. The minimum atomic E-state index is 0.583. The van der Waals surface area contributed by atoms with Crippen molar-refractivity contribution in [2.75, 3.05) is 11.9 Å². The number of hydrogen-bond donors (Lipinski definition) is 1. The minimum Gasteiger partial charge on any atom is -0.356 e. The molecule has 15 heavy (non-hydrogen) atoms. The summed E-state index contributed by atoms with van der Waals surface area (Å²) in [6, 6.07) is 0.583. The summed E-state index contributed by atoms with van der Waals surface area (Å²) in [6.07, 6.45) is 9.28.